The molecule has 1 aromatic carbocycles. The Bertz CT molecular complexity index is 569. The lowest BCUT2D eigenvalue weighted by Crippen LogP contribution is -2.14. The van der Waals surface area contributed by atoms with E-state index in [0.29, 0.717) is 29.8 Å². The zero-order valence-electron chi connectivity index (χ0n) is 12.7. The van der Waals surface area contributed by atoms with Gasteiger partial charge in [0.1, 0.15) is 0 Å². The van der Waals surface area contributed by atoms with Crippen LogP contribution >= 0.6 is 0 Å². The van der Waals surface area contributed by atoms with Gasteiger partial charge in [-0.25, -0.2) is 0 Å². The minimum Gasteiger partial charge on any atom is -0.493 e. The van der Waals surface area contributed by atoms with Crippen molar-refractivity contribution in [3.63, 3.8) is 0 Å². The van der Waals surface area contributed by atoms with E-state index in [9.17, 15) is 0 Å². The third-order valence-corrected chi connectivity index (χ3v) is 3.08. The zero-order chi connectivity index (χ0) is 15.1. The van der Waals surface area contributed by atoms with Crippen LogP contribution in [0.4, 0.5) is 0 Å². The first-order valence-electron chi connectivity index (χ1n) is 7.04. The summed E-state index contributed by atoms with van der Waals surface area (Å²) in [5.41, 5.74) is 0.806. The van der Waals surface area contributed by atoms with Gasteiger partial charge in [0.15, 0.2) is 11.5 Å². The van der Waals surface area contributed by atoms with Crippen molar-refractivity contribution < 1.29 is 13.9 Å². The number of methoxy groups -OCH3 is 2. The molecule has 6 nitrogen and oxygen atoms in total. The number of hydrogen-bond donors (Lipinski definition) is 1. The van der Waals surface area contributed by atoms with Gasteiger partial charge >= 0.3 is 0 Å². The average molecular weight is 291 g/mol. The second kappa shape index (κ2) is 7.64. The molecule has 1 heterocycles. The highest BCUT2D eigenvalue weighted by molar-refractivity contribution is 5.59. The van der Waals surface area contributed by atoms with Crippen LogP contribution in [0.2, 0.25) is 0 Å². The summed E-state index contributed by atoms with van der Waals surface area (Å²) in [7, 11) is 3.20. The summed E-state index contributed by atoms with van der Waals surface area (Å²) in [5, 5.41) is 11.4. The molecule has 0 atom stereocenters. The Morgan fingerprint density at radius 2 is 1.95 bits per heavy atom. The molecule has 0 unspecified atom stereocenters. The SMILES string of the molecule is CCCCNCc1nnc(-c2ccc(OC)c(OC)c2)o1. The topological polar surface area (TPSA) is 69.4 Å². The first kappa shape index (κ1) is 15.3. The van der Waals surface area contributed by atoms with Crippen molar-refractivity contribution in [1.29, 1.82) is 0 Å². The van der Waals surface area contributed by atoms with Gasteiger partial charge in [-0.05, 0) is 31.2 Å². The highest BCUT2D eigenvalue weighted by atomic mass is 16.5. The lowest BCUT2D eigenvalue weighted by molar-refractivity contribution is 0.355. The molecule has 0 aliphatic rings. The van der Waals surface area contributed by atoms with Gasteiger partial charge in [0.25, 0.3) is 0 Å². The Morgan fingerprint density at radius 1 is 1.14 bits per heavy atom. The second-order valence-corrected chi connectivity index (χ2v) is 4.60. The quantitative estimate of drug-likeness (QED) is 0.754. The fourth-order valence-corrected chi connectivity index (χ4v) is 1.91. The van der Waals surface area contributed by atoms with Crippen LogP contribution in [0.15, 0.2) is 22.6 Å². The molecule has 6 heteroatoms. The van der Waals surface area contributed by atoms with Crippen molar-refractivity contribution in [2.24, 2.45) is 0 Å². The summed E-state index contributed by atoms with van der Waals surface area (Å²) in [6.45, 7) is 3.69. The standard InChI is InChI=1S/C15H21N3O3/c1-4-5-8-16-10-14-17-18-15(21-14)11-6-7-12(19-2)13(9-11)20-3/h6-7,9,16H,4-5,8,10H2,1-3H3. The maximum Gasteiger partial charge on any atom is 0.247 e. The Morgan fingerprint density at radius 3 is 2.67 bits per heavy atom. The first-order chi connectivity index (χ1) is 10.3. The van der Waals surface area contributed by atoms with E-state index < -0.39 is 0 Å². The van der Waals surface area contributed by atoms with E-state index >= 15 is 0 Å². The fourth-order valence-electron chi connectivity index (χ4n) is 1.91. The summed E-state index contributed by atoms with van der Waals surface area (Å²) >= 11 is 0. The normalized spacial score (nSPS) is 10.6. The lowest BCUT2D eigenvalue weighted by atomic mass is 10.2. The number of rotatable bonds is 8. The highest BCUT2D eigenvalue weighted by Gasteiger charge is 2.11. The Kier molecular flexibility index (Phi) is 5.57. The summed E-state index contributed by atoms with van der Waals surface area (Å²) in [6, 6.07) is 5.50. The molecular formula is C15H21N3O3. The van der Waals surface area contributed by atoms with Crippen LogP contribution in [0, 0.1) is 0 Å². The van der Waals surface area contributed by atoms with Crippen molar-refractivity contribution in [1.82, 2.24) is 15.5 Å². The van der Waals surface area contributed by atoms with Gasteiger partial charge in [-0.3, -0.25) is 0 Å². The van der Waals surface area contributed by atoms with Crippen molar-refractivity contribution >= 4 is 0 Å². The molecule has 114 valence electrons. The van der Waals surface area contributed by atoms with E-state index in [1.807, 2.05) is 18.2 Å². The molecule has 21 heavy (non-hydrogen) atoms. The Balaban J connectivity index is 2.06. The predicted molar refractivity (Wildman–Crippen MR) is 79.5 cm³/mol. The van der Waals surface area contributed by atoms with Gasteiger partial charge < -0.3 is 19.2 Å². The maximum absolute atomic E-state index is 5.64. The van der Waals surface area contributed by atoms with E-state index in [1.165, 1.54) is 0 Å². The second-order valence-electron chi connectivity index (χ2n) is 4.60. The van der Waals surface area contributed by atoms with Crippen LogP contribution in [0.5, 0.6) is 11.5 Å². The minimum absolute atomic E-state index is 0.475. The summed E-state index contributed by atoms with van der Waals surface area (Å²) in [5.74, 6) is 2.36. The van der Waals surface area contributed by atoms with Gasteiger partial charge in [0, 0.05) is 5.56 Å². The maximum atomic E-state index is 5.64. The minimum atomic E-state index is 0.475. The molecule has 0 fully saturated rings. The van der Waals surface area contributed by atoms with Crippen molar-refractivity contribution in [3.8, 4) is 23.0 Å². The van der Waals surface area contributed by atoms with Gasteiger partial charge in [0.2, 0.25) is 11.8 Å². The van der Waals surface area contributed by atoms with Crippen LogP contribution < -0.4 is 14.8 Å². The average Bonchev–Trinajstić information content (AvgIpc) is 2.99. The molecule has 0 aliphatic carbocycles. The van der Waals surface area contributed by atoms with Crippen molar-refractivity contribution in [2.75, 3.05) is 20.8 Å². The van der Waals surface area contributed by atoms with Crippen LogP contribution in [0.25, 0.3) is 11.5 Å². The lowest BCUT2D eigenvalue weighted by Gasteiger charge is -2.07. The molecular weight excluding hydrogens is 270 g/mol. The number of benzene rings is 1. The van der Waals surface area contributed by atoms with Crippen LogP contribution in [0.1, 0.15) is 25.7 Å². The van der Waals surface area contributed by atoms with Crippen LogP contribution in [-0.4, -0.2) is 31.0 Å². The number of aromatic nitrogens is 2. The zero-order valence-corrected chi connectivity index (χ0v) is 12.7. The van der Waals surface area contributed by atoms with E-state index in [2.05, 4.69) is 22.4 Å². The fraction of sp³-hybridized carbons (Fsp3) is 0.467. The monoisotopic (exact) mass is 291 g/mol. The molecule has 0 radical (unpaired) electrons. The summed E-state index contributed by atoms with van der Waals surface area (Å²) in [6.07, 6.45) is 2.30. The molecule has 0 saturated heterocycles. The molecule has 0 aliphatic heterocycles. The van der Waals surface area contributed by atoms with Crippen LogP contribution in [-0.2, 0) is 6.54 Å². The molecule has 2 aromatic rings. The first-order valence-corrected chi connectivity index (χ1v) is 7.04. The molecule has 1 aromatic heterocycles. The third-order valence-electron chi connectivity index (χ3n) is 3.08. The number of nitrogens with zero attached hydrogens (tertiary/aromatic N) is 2. The third kappa shape index (κ3) is 3.95. The molecule has 2 rings (SSSR count). The number of unbranched alkanes of at least 4 members (excludes halogenated alkanes) is 1. The molecule has 0 saturated carbocycles. The Labute approximate surface area is 124 Å². The van der Waals surface area contributed by atoms with E-state index in [-0.39, 0.29) is 0 Å². The number of nitrogens with one attached hydrogen (secondary N) is 1. The largest absolute Gasteiger partial charge is 0.493 e. The van der Waals surface area contributed by atoms with E-state index in [0.717, 1.165) is 24.9 Å². The van der Waals surface area contributed by atoms with Gasteiger partial charge in [-0.1, -0.05) is 13.3 Å². The Hall–Kier alpha value is -2.08. The summed E-state index contributed by atoms with van der Waals surface area (Å²) < 4.78 is 16.1. The number of ether oxygens (including phenoxy) is 2. The predicted octanol–water partition coefficient (Wildman–Crippen LogP) is 2.64. The van der Waals surface area contributed by atoms with E-state index in [1.54, 1.807) is 14.2 Å². The molecule has 0 bridgehead atoms. The molecule has 1 N–H and O–H groups in total. The molecule has 0 spiro atoms. The highest BCUT2D eigenvalue weighted by Crippen LogP contribution is 2.31. The van der Waals surface area contributed by atoms with E-state index in [4.69, 9.17) is 13.9 Å². The molecule has 0 amide bonds. The number of hydrogen-bond acceptors (Lipinski definition) is 6. The van der Waals surface area contributed by atoms with Gasteiger partial charge in [-0.2, -0.15) is 0 Å². The van der Waals surface area contributed by atoms with Crippen molar-refractivity contribution in [3.05, 3.63) is 24.1 Å². The van der Waals surface area contributed by atoms with Crippen molar-refractivity contribution in [2.45, 2.75) is 26.3 Å². The summed E-state index contributed by atoms with van der Waals surface area (Å²) in [4.78, 5) is 0. The van der Waals surface area contributed by atoms with Gasteiger partial charge in [0.05, 0.1) is 20.8 Å². The smallest absolute Gasteiger partial charge is 0.247 e. The van der Waals surface area contributed by atoms with Gasteiger partial charge in [-0.15, -0.1) is 10.2 Å². The van der Waals surface area contributed by atoms with Crippen LogP contribution in [0.3, 0.4) is 0 Å².